The van der Waals surface area contributed by atoms with Crippen LogP contribution in [0.15, 0.2) is 65.6 Å². The Morgan fingerprint density at radius 2 is 1.67 bits per heavy atom. The standard InChI is InChI=1S/C18H16N2O3S/c1-12-6-7-15(11-17(12)24(19,22)23)18(21)20-16-9-8-13-4-2-3-5-14(13)10-16/h2-11H,1H3,(H,20,21)(H2,19,22,23). The number of aryl methyl sites for hydroxylation is 1. The fraction of sp³-hybridized carbons (Fsp3) is 0.0556. The molecule has 0 spiro atoms. The van der Waals surface area contributed by atoms with E-state index in [9.17, 15) is 13.2 Å². The summed E-state index contributed by atoms with van der Waals surface area (Å²) >= 11 is 0. The van der Waals surface area contributed by atoms with E-state index in [0.717, 1.165) is 10.8 Å². The summed E-state index contributed by atoms with van der Waals surface area (Å²) in [7, 11) is -3.87. The molecule has 0 aliphatic rings. The average molecular weight is 340 g/mol. The number of carbonyl (C=O) groups excluding carboxylic acids is 1. The van der Waals surface area contributed by atoms with Crippen molar-refractivity contribution in [3.05, 3.63) is 71.8 Å². The highest BCUT2D eigenvalue weighted by atomic mass is 32.2. The number of fused-ring (bicyclic) bond motifs is 1. The van der Waals surface area contributed by atoms with Gasteiger partial charge in [-0.3, -0.25) is 4.79 Å². The lowest BCUT2D eigenvalue weighted by molar-refractivity contribution is 0.102. The Balaban J connectivity index is 1.91. The molecule has 3 aromatic rings. The summed E-state index contributed by atoms with van der Waals surface area (Å²) in [5.41, 5.74) is 1.37. The Bertz CT molecular complexity index is 1040. The number of nitrogens with two attached hydrogens (primary N) is 1. The van der Waals surface area contributed by atoms with Gasteiger partial charge in [-0.2, -0.15) is 0 Å². The first kappa shape index (κ1) is 16.2. The van der Waals surface area contributed by atoms with E-state index in [0.29, 0.717) is 11.3 Å². The van der Waals surface area contributed by atoms with E-state index in [4.69, 9.17) is 5.14 Å². The fourth-order valence-electron chi connectivity index (χ4n) is 2.52. The molecule has 122 valence electrons. The molecule has 3 rings (SSSR count). The topological polar surface area (TPSA) is 89.3 Å². The van der Waals surface area contributed by atoms with Crippen molar-refractivity contribution in [1.82, 2.24) is 0 Å². The van der Waals surface area contributed by atoms with E-state index in [2.05, 4.69) is 5.32 Å². The molecule has 0 aliphatic carbocycles. The second-order valence-corrected chi connectivity index (χ2v) is 7.07. The maximum atomic E-state index is 12.4. The van der Waals surface area contributed by atoms with Crippen molar-refractivity contribution >= 4 is 32.4 Å². The average Bonchev–Trinajstić information content (AvgIpc) is 2.54. The van der Waals surface area contributed by atoms with Crippen LogP contribution in [0.25, 0.3) is 10.8 Å². The number of rotatable bonds is 3. The third-order valence-corrected chi connectivity index (χ3v) is 4.82. The van der Waals surface area contributed by atoms with E-state index in [-0.39, 0.29) is 10.5 Å². The SMILES string of the molecule is Cc1ccc(C(=O)Nc2ccc3ccccc3c2)cc1S(N)(=O)=O. The van der Waals surface area contributed by atoms with Crippen LogP contribution in [0.1, 0.15) is 15.9 Å². The minimum Gasteiger partial charge on any atom is -0.322 e. The number of primary sulfonamides is 1. The lowest BCUT2D eigenvalue weighted by Gasteiger charge is -2.09. The van der Waals surface area contributed by atoms with Crippen LogP contribution in [0.2, 0.25) is 0 Å². The van der Waals surface area contributed by atoms with Gasteiger partial charge >= 0.3 is 0 Å². The van der Waals surface area contributed by atoms with Crippen molar-refractivity contribution in [2.75, 3.05) is 5.32 Å². The maximum absolute atomic E-state index is 12.4. The molecule has 3 N–H and O–H groups in total. The number of anilines is 1. The largest absolute Gasteiger partial charge is 0.322 e. The molecule has 1 amide bonds. The van der Waals surface area contributed by atoms with E-state index in [1.807, 2.05) is 36.4 Å². The van der Waals surface area contributed by atoms with Crippen molar-refractivity contribution < 1.29 is 13.2 Å². The first-order valence-corrected chi connectivity index (χ1v) is 8.83. The summed E-state index contributed by atoms with van der Waals surface area (Å²) in [5.74, 6) is -0.393. The molecule has 0 unspecified atom stereocenters. The zero-order valence-electron chi connectivity index (χ0n) is 13.0. The lowest BCUT2D eigenvalue weighted by Crippen LogP contribution is -2.17. The number of sulfonamides is 1. The van der Waals surface area contributed by atoms with Crippen LogP contribution in [-0.2, 0) is 10.0 Å². The zero-order valence-corrected chi connectivity index (χ0v) is 13.8. The molecular formula is C18H16N2O3S. The van der Waals surface area contributed by atoms with Crippen molar-refractivity contribution in [2.45, 2.75) is 11.8 Å². The van der Waals surface area contributed by atoms with E-state index >= 15 is 0 Å². The smallest absolute Gasteiger partial charge is 0.255 e. The predicted molar refractivity (Wildman–Crippen MR) is 94.5 cm³/mol. The van der Waals surface area contributed by atoms with Gasteiger partial charge in [0.15, 0.2) is 0 Å². The molecule has 0 saturated heterocycles. The fourth-order valence-corrected chi connectivity index (χ4v) is 3.33. The molecule has 0 aromatic heterocycles. The second-order valence-electron chi connectivity index (χ2n) is 5.54. The number of hydrogen-bond donors (Lipinski definition) is 2. The number of amides is 1. The van der Waals surface area contributed by atoms with Crippen LogP contribution in [-0.4, -0.2) is 14.3 Å². The summed E-state index contributed by atoms with van der Waals surface area (Å²) in [6.45, 7) is 1.63. The molecule has 0 atom stereocenters. The Morgan fingerprint density at radius 3 is 2.38 bits per heavy atom. The molecule has 0 aliphatic heterocycles. The Labute approximate surface area is 140 Å². The van der Waals surface area contributed by atoms with E-state index in [1.165, 1.54) is 6.07 Å². The third kappa shape index (κ3) is 3.29. The van der Waals surface area contributed by atoms with Crippen molar-refractivity contribution in [1.29, 1.82) is 0 Å². The molecule has 0 saturated carbocycles. The van der Waals surface area contributed by atoms with Gasteiger partial charge in [-0.1, -0.05) is 36.4 Å². The van der Waals surface area contributed by atoms with Gasteiger partial charge in [-0.05, 0) is 47.5 Å². The van der Waals surface area contributed by atoms with Crippen LogP contribution < -0.4 is 10.5 Å². The quantitative estimate of drug-likeness (QED) is 0.768. The van der Waals surface area contributed by atoms with Crippen molar-refractivity contribution in [3.63, 3.8) is 0 Å². The molecule has 3 aromatic carbocycles. The normalized spacial score (nSPS) is 11.4. The van der Waals surface area contributed by atoms with Crippen LogP contribution in [0.4, 0.5) is 5.69 Å². The van der Waals surface area contributed by atoms with Gasteiger partial charge < -0.3 is 5.32 Å². The highest BCUT2D eigenvalue weighted by molar-refractivity contribution is 7.89. The van der Waals surface area contributed by atoms with Gasteiger partial charge in [0.25, 0.3) is 5.91 Å². The summed E-state index contributed by atoms with van der Waals surface area (Å²) in [6.07, 6.45) is 0. The molecular weight excluding hydrogens is 324 g/mol. The summed E-state index contributed by atoms with van der Waals surface area (Å²) < 4.78 is 23.2. The van der Waals surface area contributed by atoms with Crippen molar-refractivity contribution in [2.24, 2.45) is 5.14 Å². The van der Waals surface area contributed by atoms with Gasteiger partial charge in [0.05, 0.1) is 4.90 Å². The van der Waals surface area contributed by atoms with E-state index < -0.39 is 15.9 Å². The predicted octanol–water partition coefficient (Wildman–Crippen LogP) is 3.05. The van der Waals surface area contributed by atoms with Crippen LogP contribution in [0, 0.1) is 6.92 Å². The molecule has 0 radical (unpaired) electrons. The Hall–Kier alpha value is -2.70. The lowest BCUT2D eigenvalue weighted by atomic mass is 10.1. The van der Waals surface area contributed by atoms with Gasteiger partial charge in [0.1, 0.15) is 0 Å². The van der Waals surface area contributed by atoms with Gasteiger partial charge in [0, 0.05) is 11.3 Å². The molecule has 6 heteroatoms. The monoisotopic (exact) mass is 340 g/mol. The Morgan fingerprint density at radius 1 is 0.958 bits per heavy atom. The van der Waals surface area contributed by atoms with Gasteiger partial charge in [0.2, 0.25) is 10.0 Å². The summed E-state index contributed by atoms with van der Waals surface area (Å²) in [6, 6.07) is 17.8. The summed E-state index contributed by atoms with van der Waals surface area (Å²) in [5, 5.41) is 10.0. The minimum atomic E-state index is -3.87. The molecule has 0 bridgehead atoms. The first-order chi connectivity index (χ1) is 11.3. The number of carbonyl (C=O) groups is 1. The first-order valence-electron chi connectivity index (χ1n) is 7.28. The highest BCUT2D eigenvalue weighted by Crippen LogP contribution is 2.20. The van der Waals surface area contributed by atoms with Gasteiger partial charge in [-0.15, -0.1) is 0 Å². The van der Waals surface area contributed by atoms with Gasteiger partial charge in [-0.25, -0.2) is 13.6 Å². The maximum Gasteiger partial charge on any atom is 0.255 e. The number of nitrogens with one attached hydrogen (secondary N) is 1. The van der Waals surface area contributed by atoms with Crippen LogP contribution in [0.5, 0.6) is 0 Å². The minimum absolute atomic E-state index is 0.0475. The Kier molecular flexibility index (Phi) is 4.09. The molecule has 0 heterocycles. The van der Waals surface area contributed by atoms with Crippen LogP contribution >= 0.6 is 0 Å². The third-order valence-electron chi connectivity index (χ3n) is 3.76. The highest BCUT2D eigenvalue weighted by Gasteiger charge is 2.15. The van der Waals surface area contributed by atoms with Crippen LogP contribution in [0.3, 0.4) is 0 Å². The number of hydrogen-bond acceptors (Lipinski definition) is 3. The van der Waals surface area contributed by atoms with Crippen molar-refractivity contribution in [3.8, 4) is 0 Å². The zero-order chi connectivity index (χ0) is 17.3. The molecule has 24 heavy (non-hydrogen) atoms. The molecule has 5 nitrogen and oxygen atoms in total. The van der Waals surface area contributed by atoms with E-state index in [1.54, 1.807) is 25.1 Å². The molecule has 0 fully saturated rings. The number of benzene rings is 3. The second kappa shape index (κ2) is 6.07. The summed E-state index contributed by atoms with van der Waals surface area (Å²) in [4.78, 5) is 12.3.